The number of aliphatic hydroxyl groups is 1. The minimum absolute atomic E-state index is 0.0707. The molecule has 2 fully saturated rings. The van der Waals surface area contributed by atoms with Crippen molar-refractivity contribution in [2.75, 3.05) is 31.1 Å². The Morgan fingerprint density at radius 2 is 1.85 bits per heavy atom. The molecule has 136 valence electrons. The van der Waals surface area contributed by atoms with E-state index in [1.165, 1.54) is 5.56 Å². The molecule has 2 aromatic rings. The molecule has 1 amide bonds. The number of β-amino-alcohol motifs (C(OH)–C–C–N with tert-alkyl or cyclic N) is 1. The summed E-state index contributed by atoms with van der Waals surface area (Å²) in [7, 11) is 0. The minimum atomic E-state index is -0.257. The first-order chi connectivity index (χ1) is 12.7. The molecule has 1 aromatic heterocycles. The highest BCUT2D eigenvalue weighted by atomic mass is 16.3. The molecule has 0 unspecified atom stereocenters. The van der Waals surface area contributed by atoms with E-state index in [-0.39, 0.29) is 12.0 Å². The van der Waals surface area contributed by atoms with Crippen LogP contribution in [0.2, 0.25) is 0 Å². The Morgan fingerprint density at radius 1 is 1.04 bits per heavy atom. The average Bonchev–Trinajstić information content (AvgIpc) is 2.92. The van der Waals surface area contributed by atoms with Gasteiger partial charge >= 0.3 is 0 Å². The lowest BCUT2D eigenvalue weighted by Crippen LogP contribution is -2.51. The highest BCUT2D eigenvalue weighted by Gasteiger charge is 2.26. The lowest BCUT2D eigenvalue weighted by molar-refractivity contribution is 0.0760. The van der Waals surface area contributed by atoms with Crippen molar-refractivity contribution in [3.63, 3.8) is 0 Å². The molecular formula is C21H25N3O2. The van der Waals surface area contributed by atoms with Gasteiger partial charge in [-0.1, -0.05) is 30.3 Å². The zero-order valence-corrected chi connectivity index (χ0v) is 14.9. The van der Waals surface area contributed by atoms with Gasteiger partial charge in [0.25, 0.3) is 5.91 Å². The topological polar surface area (TPSA) is 56.7 Å². The van der Waals surface area contributed by atoms with Gasteiger partial charge in [0.15, 0.2) is 0 Å². The van der Waals surface area contributed by atoms with Crippen LogP contribution in [0, 0.1) is 0 Å². The van der Waals surface area contributed by atoms with Crippen molar-refractivity contribution in [3.05, 3.63) is 59.8 Å². The number of pyridine rings is 1. The first-order valence-corrected chi connectivity index (χ1v) is 9.44. The van der Waals surface area contributed by atoms with Crippen molar-refractivity contribution in [2.45, 2.75) is 31.3 Å². The third kappa shape index (κ3) is 3.58. The number of likely N-dealkylation sites (tertiary alicyclic amines) is 1. The Hall–Kier alpha value is -2.40. The number of hydrogen-bond donors (Lipinski definition) is 1. The summed E-state index contributed by atoms with van der Waals surface area (Å²) in [6.07, 6.45) is 4.58. The molecular weight excluding hydrogens is 326 g/mol. The Kier molecular flexibility index (Phi) is 4.89. The van der Waals surface area contributed by atoms with E-state index in [4.69, 9.17) is 0 Å². The van der Waals surface area contributed by atoms with Gasteiger partial charge in [0.2, 0.25) is 0 Å². The molecule has 1 atom stereocenters. The van der Waals surface area contributed by atoms with Gasteiger partial charge in [-0.15, -0.1) is 0 Å². The van der Waals surface area contributed by atoms with E-state index in [1.54, 1.807) is 6.20 Å². The predicted molar refractivity (Wildman–Crippen MR) is 101 cm³/mol. The third-order valence-electron chi connectivity index (χ3n) is 5.47. The largest absolute Gasteiger partial charge is 0.389 e. The van der Waals surface area contributed by atoms with E-state index < -0.39 is 0 Å². The van der Waals surface area contributed by atoms with Gasteiger partial charge in [-0.3, -0.25) is 4.79 Å². The van der Waals surface area contributed by atoms with Crippen LogP contribution in [0.5, 0.6) is 0 Å². The fourth-order valence-electron chi connectivity index (χ4n) is 3.88. The second kappa shape index (κ2) is 7.46. The third-order valence-corrected chi connectivity index (χ3v) is 5.47. The fourth-order valence-corrected chi connectivity index (χ4v) is 3.88. The van der Waals surface area contributed by atoms with Gasteiger partial charge in [-0.25, -0.2) is 4.98 Å². The summed E-state index contributed by atoms with van der Waals surface area (Å²) in [6, 6.07) is 14.3. The van der Waals surface area contributed by atoms with Crippen molar-refractivity contribution in [3.8, 4) is 0 Å². The summed E-state index contributed by atoms with van der Waals surface area (Å²) in [5, 5.41) is 9.39. The molecule has 1 aromatic carbocycles. The molecule has 2 aliphatic heterocycles. The summed E-state index contributed by atoms with van der Waals surface area (Å²) < 4.78 is 0. The second-order valence-electron chi connectivity index (χ2n) is 7.29. The molecule has 0 aliphatic carbocycles. The Balaban J connectivity index is 1.39. The number of aromatic nitrogens is 1. The van der Waals surface area contributed by atoms with Crippen LogP contribution < -0.4 is 4.90 Å². The Bertz CT molecular complexity index is 742. The summed E-state index contributed by atoms with van der Waals surface area (Å²) in [5.74, 6) is 1.43. The molecule has 0 spiro atoms. The molecule has 0 saturated carbocycles. The quantitative estimate of drug-likeness (QED) is 0.924. The van der Waals surface area contributed by atoms with Crippen LogP contribution >= 0.6 is 0 Å². The molecule has 0 radical (unpaired) electrons. The van der Waals surface area contributed by atoms with E-state index in [0.717, 1.165) is 38.2 Å². The number of rotatable bonds is 3. The molecule has 26 heavy (non-hydrogen) atoms. The van der Waals surface area contributed by atoms with Gasteiger partial charge < -0.3 is 14.9 Å². The van der Waals surface area contributed by atoms with Gasteiger partial charge in [-0.05, 0) is 42.9 Å². The number of carbonyl (C=O) groups excluding carboxylic acids is 1. The molecule has 0 bridgehead atoms. The Labute approximate surface area is 154 Å². The van der Waals surface area contributed by atoms with E-state index >= 15 is 0 Å². The molecule has 3 heterocycles. The minimum Gasteiger partial charge on any atom is -0.389 e. The van der Waals surface area contributed by atoms with Crippen LogP contribution in [0.25, 0.3) is 0 Å². The van der Waals surface area contributed by atoms with Crippen molar-refractivity contribution >= 4 is 11.7 Å². The molecule has 4 rings (SSSR count). The van der Waals surface area contributed by atoms with Crippen LogP contribution in [0.15, 0.2) is 48.7 Å². The van der Waals surface area contributed by atoms with Gasteiger partial charge in [0.05, 0.1) is 11.7 Å². The predicted octanol–water partition coefficient (Wildman–Crippen LogP) is 2.67. The van der Waals surface area contributed by atoms with E-state index in [1.807, 2.05) is 28.0 Å². The van der Waals surface area contributed by atoms with Crippen LogP contribution in [0.4, 0.5) is 5.82 Å². The van der Waals surface area contributed by atoms with E-state index in [9.17, 15) is 9.90 Å². The summed E-state index contributed by atoms with van der Waals surface area (Å²) in [5.41, 5.74) is 2.03. The van der Waals surface area contributed by atoms with Gasteiger partial charge in [-0.2, -0.15) is 0 Å². The van der Waals surface area contributed by atoms with Crippen molar-refractivity contribution < 1.29 is 9.90 Å². The summed E-state index contributed by atoms with van der Waals surface area (Å²) >= 11 is 0. The zero-order chi connectivity index (χ0) is 17.9. The van der Waals surface area contributed by atoms with Crippen molar-refractivity contribution in [1.82, 2.24) is 9.88 Å². The van der Waals surface area contributed by atoms with E-state index in [2.05, 4.69) is 29.2 Å². The van der Waals surface area contributed by atoms with Gasteiger partial charge in [0, 0.05) is 32.4 Å². The maximum absolute atomic E-state index is 12.8. The number of aliphatic hydroxyl groups excluding tert-OH is 1. The zero-order valence-electron chi connectivity index (χ0n) is 14.9. The monoisotopic (exact) mass is 351 g/mol. The van der Waals surface area contributed by atoms with Crippen LogP contribution in [0.3, 0.4) is 0 Å². The molecule has 2 saturated heterocycles. The second-order valence-corrected chi connectivity index (χ2v) is 7.29. The first kappa shape index (κ1) is 17.0. The van der Waals surface area contributed by atoms with Crippen LogP contribution in [0.1, 0.15) is 41.1 Å². The lowest BCUT2D eigenvalue weighted by atomic mass is 9.92. The Morgan fingerprint density at radius 3 is 2.54 bits per heavy atom. The van der Waals surface area contributed by atoms with Crippen molar-refractivity contribution in [1.29, 1.82) is 0 Å². The molecule has 5 nitrogen and oxygen atoms in total. The van der Waals surface area contributed by atoms with Crippen LogP contribution in [-0.2, 0) is 0 Å². The molecule has 2 aliphatic rings. The fraction of sp³-hybridized carbons (Fsp3) is 0.429. The smallest absolute Gasteiger partial charge is 0.255 e. The summed E-state index contributed by atoms with van der Waals surface area (Å²) in [6.45, 7) is 2.83. The lowest BCUT2D eigenvalue weighted by Gasteiger charge is -2.36. The summed E-state index contributed by atoms with van der Waals surface area (Å²) in [4.78, 5) is 21.2. The average molecular weight is 351 g/mol. The maximum Gasteiger partial charge on any atom is 0.255 e. The number of hydrogen-bond acceptors (Lipinski definition) is 4. The highest BCUT2D eigenvalue weighted by molar-refractivity contribution is 5.94. The number of benzene rings is 1. The number of nitrogens with zero attached hydrogens (tertiary/aromatic N) is 3. The molecule has 1 N–H and O–H groups in total. The normalized spacial score (nSPS) is 21.2. The maximum atomic E-state index is 12.8. The number of amides is 1. The van der Waals surface area contributed by atoms with Crippen molar-refractivity contribution in [2.24, 2.45) is 0 Å². The van der Waals surface area contributed by atoms with E-state index in [0.29, 0.717) is 24.6 Å². The standard InChI is InChI=1S/C21H25N3O2/c25-19-14-24(15-19)20-9-8-18(13-22-20)21(26)23-11-4-7-17(10-12-23)16-5-2-1-3-6-16/h1-3,5-6,8-9,13,17,19,25H,4,7,10-12,14-15H2/t17-/m0/s1. The molecule has 5 heteroatoms. The first-order valence-electron chi connectivity index (χ1n) is 9.44. The SMILES string of the molecule is O=C(c1ccc(N2CC(O)C2)nc1)N1CCC[C@H](c2ccccc2)CC1. The number of anilines is 1. The highest BCUT2D eigenvalue weighted by Crippen LogP contribution is 2.28. The number of carbonyl (C=O) groups is 1. The van der Waals surface area contributed by atoms with Crippen LogP contribution in [-0.4, -0.2) is 53.2 Å². The van der Waals surface area contributed by atoms with Gasteiger partial charge in [0.1, 0.15) is 5.82 Å².